The van der Waals surface area contributed by atoms with E-state index in [0.717, 1.165) is 16.5 Å². The van der Waals surface area contributed by atoms with Crippen LogP contribution in [-0.2, 0) is 9.53 Å². The summed E-state index contributed by atoms with van der Waals surface area (Å²) in [6, 6.07) is 16.4. The molecule has 0 saturated heterocycles. The summed E-state index contributed by atoms with van der Waals surface area (Å²) in [4.78, 5) is 21.8. The molecule has 1 aromatic heterocycles. The lowest BCUT2D eigenvalue weighted by atomic mass is 10.0. The van der Waals surface area contributed by atoms with Gasteiger partial charge in [-0.2, -0.15) is 0 Å². The van der Waals surface area contributed by atoms with Gasteiger partial charge >= 0.3 is 12.1 Å². The van der Waals surface area contributed by atoms with Crippen molar-refractivity contribution in [3.8, 4) is 16.9 Å². The van der Waals surface area contributed by atoms with E-state index in [2.05, 4.69) is 4.74 Å². The first-order valence-electron chi connectivity index (χ1n) is 7.03. The maximum Gasteiger partial charge on any atom is 0.417 e. The topological polar surface area (TPSA) is 65.7 Å². The highest BCUT2D eigenvalue weighted by Crippen LogP contribution is 2.29. The Morgan fingerprint density at radius 1 is 1.00 bits per heavy atom. The lowest BCUT2D eigenvalue weighted by Gasteiger charge is -2.08. The second-order valence-electron chi connectivity index (χ2n) is 4.78. The fraction of sp³-hybridized carbons (Fsp3) is 0.111. The van der Waals surface area contributed by atoms with Crippen LogP contribution in [0.2, 0.25) is 0 Å². The van der Waals surface area contributed by atoms with E-state index in [4.69, 9.17) is 9.15 Å². The fourth-order valence-corrected chi connectivity index (χ4v) is 2.33. The van der Waals surface area contributed by atoms with Crippen molar-refractivity contribution in [1.82, 2.24) is 0 Å². The van der Waals surface area contributed by atoms with Gasteiger partial charge in [-0.1, -0.05) is 30.3 Å². The van der Waals surface area contributed by atoms with Crippen molar-refractivity contribution in [2.24, 2.45) is 0 Å². The number of carbonyl (C=O) groups excluding carboxylic acids is 1. The van der Waals surface area contributed by atoms with E-state index in [0.29, 0.717) is 11.3 Å². The van der Waals surface area contributed by atoms with Gasteiger partial charge in [0.2, 0.25) is 0 Å². The summed E-state index contributed by atoms with van der Waals surface area (Å²) in [7, 11) is 0. The Balaban J connectivity index is 1.97. The quantitative estimate of drug-likeness (QED) is 0.517. The van der Waals surface area contributed by atoms with E-state index in [1.54, 1.807) is 12.1 Å². The first-order valence-corrected chi connectivity index (χ1v) is 7.03. The molecule has 23 heavy (non-hydrogen) atoms. The zero-order valence-electron chi connectivity index (χ0n) is 12.2. The smallest absolute Gasteiger partial charge is 0.417 e. The predicted molar refractivity (Wildman–Crippen MR) is 85.1 cm³/mol. The summed E-state index contributed by atoms with van der Waals surface area (Å²) >= 11 is 0. The van der Waals surface area contributed by atoms with Crippen molar-refractivity contribution < 1.29 is 18.7 Å². The van der Waals surface area contributed by atoms with Gasteiger partial charge in [0.25, 0.3) is 0 Å². The maximum atomic E-state index is 11.8. The van der Waals surface area contributed by atoms with E-state index in [1.165, 1.54) is 12.5 Å². The third-order valence-electron chi connectivity index (χ3n) is 3.31. The largest absolute Gasteiger partial charge is 0.490 e. The molecule has 0 aliphatic rings. The molecule has 2 aromatic carbocycles. The zero-order chi connectivity index (χ0) is 16.1. The summed E-state index contributed by atoms with van der Waals surface area (Å²) in [6.07, 6.45) is 0. The van der Waals surface area contributed by atoms with Crippen molar-refractivity contribution in [1.29, 1.82) is 0 Å². The van der Waals surface area contributed by atoms with Crippen LogP contribution in [-0.4, -0.2) is 19.7 Å². The van der Waals surface area contributed by atoms with E-state index < -0.39 is 5.63 Å². The molecule has 3 aromatic rings. The van der Waals surface area contributed by atoms with Gasteiger partial charge in [0.05, 0.1) is 0 Å². The lowest BCUT2D eigenvalue weighted by molar-refractivity contribution is 0.200. The second kappa shape index (κ2) is 6.79. The molecule has 5 nitrogen and oxygen atoms in total. The molecule has 115 valence electrons. The highest BCUT2D eigenvalue weighted by Gasteiger charge is 2.09. The first-order chi connectivity index (χ1) is 11.3. The van der Waals surface area contributed by atoms with Crippen molar-refractivity contribution in [3.63, 3.8) is 0 Å². The molecule has 0 fully saturated rings. The Kier molecular flexibility index (Phi) is 4.38. The number of hydrogen-bond acceptors (Lipinski definition) is 5. The summed E-state index contributed by atoms with van der Waals surface area (Å²) in [5, 5.41) is 0.820. The van der Waals surface area contributed by atoms with Crippen LogP contribution in [0.4, 0.5) is 0 Å². The molecule has 0 N–H and O–H groups in total. The van der Waals surface area contributed by atoms with E-state index in [1.807, 2.05) is 36.4 Å². The second-order valence-corrected chi connectivity index (χ2v) is 4.78. The molecule has 1 heterocycles. The molecule has 1 radical (unpaired) electrons. The number of rotatable bonds is 6. The monoisotopic (exact) mass is 309 g/mol. The van der Waals surface area contributed by atoms with Gasteiger partial charge in [0.1, 0.15) is 24.5 Å². The van der Waals surface area contributed by atoms with Crippen LogP contribution < -0.4 is 10.4 Å². The number of ether oxygens (including phenoxy) is 2. The Morgan fingerprint density at radius 2 is 1.83 bits per heavy atom. The van der Waals surface area contributed by atoms with Gasteiger partial charge in [-0.3, -0.25) is 0 Å². The third-order valence-corrected chi connectivity index (χ3v) is 3.31. The molecule has 0 aliphatic carbocycles. The molecule has 0 spiro atoms. The van der Waals surface area contributed by atoms with Gasteiger partial charge in [-0.05, 0) is 23.3 Å². The minimum atomic E-state index is -0.424. The minimum absolute atomic E-state index is 0.107. The van der Waals surface area contributed by atoms with Gasteiger partial charge in [-0.25, -0.2) is 9.59 Å². The molecule has 0 saturated carbocycles. The molecule has 0 atom stereocenters. The van der Waals surface area contributed by atoms with Crippen LogP contribution in [0.1, 0.15) is 0 Å². The van der Waals surface area contributed by atoms with Crippen molar-refractivity contribution in [2.75, 3.05) is 13.2 Å². The van der Waals surface area contributed by atoms with Crippen molar-refractivity contribution >= 4 is 17.4 Å². The Morgan fingerprint density at radius 3 is 2.61 bits per heavy atom. The average Bonchev–Trinajstić information content (AvgIpc) is 2.58. The third kappa shape index (κ3) is 3.40. The van der Waals surface area contributed by atoms with E-state index in [-0.39, 0.29) is 13.2 Å². The molecule has 0 aliphatic heterocycles. The molecular weight excluding hydrogens is 296 g/mol. The standard InChI is InChI=1S/C18H13O5/c19-12-21-8-9-22-14-6-7-15-16(13-4-2-1-3-5-13)11-18(20)23-17(15)10-14/h1-7,10-11H,8-9H2. The lowest BCUT2D eigenvalue weighted by Crippen LogP contribution is -2.05. The molecule has 5 heteroatoms. The minimum Gasteiger partial charge on any atom is -0.490 e. The molecule has 0 unspecified atom stereocenters. The Labute approximate surface area is 132 Å². The van der Waals surface area contributed by atoms with Crippen LogP contribution >= 0.6 is 0 Å². The Hall–Kier alpha value is -3.08. The molecular formula is C18H13O5. The summed E-state index contributed by atoms with van der Waals surface area (Å²) in [6.45, 7) is 1.63. The van der Waals surface area contributed by atoms with Crippen LogP contribution in [0.15, 0.2) is 63.8 Å². The van der Waals surface area contributed by atoms with Crippen LogP contribution in [0.5, 0.6) is 5.75 Å². The zero-order valence-corrected chi connectivity index (χ0v) is 12.2. The van der Waals surface area contributed by atoms with Crippen LogP contribution in [0, 0.1) is 0 Å². The molecule has 0 amide bonds. The SMILES string of the molecule is O=[C]OCCOc1ccc2c(-c3ccccc3)cc(=O)oc2c1. The van der Waals surface area contributed by atoms with Crippen molar-refractivity contribution in [3.05, 3.63) is 65.0 Å². The number of benzene rings is 2. The van der Waals surface area contributed by atoms with Gasteiger partial charge in [0, 0.05) is 17.5 Å². The van der Waals surface area contributed by atoms with Gasteiger partial charge in [-0.15, -0.1) is 0 Å². The fourth-order valence-electron chi connectivity index (χ4n) is 2.33. The first kappa shape index (κ1) is 14.8. The summed E-state index contributed by atoms with van der Waals surface area (Å²) in [5.41, 5.74) is 1.76. The van der Waals surface area contributed by atoms with E-state index in [9.17, 15) is 9.59 Å². The highest BCUT2D eigenvalue weighted by molar-refractivity contribution is 5.93. The van der Waals surface area contributed by atoms with Gasteiger partial charge < -0.3 is 13.9 Å². The normalized spacial score (nSPS) is 10.4. The summed E-state index contributed by atoms with van der Waals surface area (Å²) < 4.78 is 15.1. The van der Waals surface area contributed by atoms with Crippen LogP contribution in [0.3, 0.4) is 0 Å². The predicted octanol–water partition coefficient (Wildman–Crippen LogP) is 2.92. The summed E-state index contributed by atoms with van der Waals surface area (Å²) in [5.74, 6) is 0.528. The van der Waals surface area contributed by atoms with Crippen LogP contribution in [0.25, 0.3) is 22.1 Å². The Bertz CT molecular complexity index is 867. The number of hydrogen-bond donors (Lipinski definition) is 0. The van der Waals surface area contributed by atoms with Gasteiger partial charge in [0.15, 0.2) is 0 Å². The number of fused-ring (bicyclic) bond motifs is 1. The maximum absolute atomic E-state index is 11.8. The van der Waals surface area contributed by atoms with Crippen molar-refractivity contribution in [2.45, 2.75) is 0 Å². The molecule has 3 rings (SSSR count). The average molecular weight is 309 g/mol. The highest BCUT2D eigenvalue weighted by atomic mass is 16.5. The van der Waals surface area contributed by atoms with E-state index >= 15 is 0 Å². The molecule has 0 bridgehead atoms.